The van der Waals surface area contributed by atoms with Gasteiger partial charge in [0, 0.05) is 30.6 Å². The lowest BCUT2D eigenvalue weighted by Gasteiger charge is -2.38. The number of nitrogens with zero attached hydrogens (tertiary/aromatic N) is 1. The summed E-state index contributed by atoms with van der Waals surface area (Å²) < 4.78 is 6.50. The van der Waals surface area contributed by atoms with Gasteiger partial charge in [-0.2, -0.15) is 0 Å². The van der Waals surface area contributed by atoms with Gasteiger partial charge in [0.2, 0.25) is 11.8 Å². The third-order valence-electron chi connectivity index (χ3n) is 4.60. The molecule has 0 aliphatic carbocycles. The Morgan fingerprint density at radius 3 is 2.60 bits per heavy atom. The van der Waals surface area contributed by atoms with Crippen molar-refractivity contribution in [1.29, 1.82) is 0 Å². The number of piperidine rings is 1. The second kappa shape index (κ2) is 7.90. The Bertz CT molecular complexity index is 677. The van der Waals surface area contributed by atoms with Crippen LogP contribution in [-0.4, -0.2) is 38.1 Å². The second-order valence-electron chi connectivity index (χ2n) is 7.93. The van der Waals surface area contributed by atoms with Gasteiger partial charge in [-0.25, -0.2) is 0 Å². The highest BCUT2D eigenvalue weighted by atomic mass is 79.9. The normalized spacial score (nSPS) is 21.8. The molecule has 2 amide bonds. The summed E-state index contributed by atoms with van der Waals surface area (Å²) in [4.78, 5) is 26.5. The highest BCUT2D eigenvalue weighted by molar-refractivity contribution is 9.10. The van der Waals surface area contributed by atoms with Crippen molar-refractivity contribution in [3.05, 3.63) is 33.3 Å². The number of imide groups is 1. The lowest BCUT2D eigenvalue weighted by atomic mass is 9.75. The van der Waals surface area contributed by atoms with E-state index in [-0.39, 0.29) is 18.5 Å². The standard InChI is InChI=1S/C18H25BrClNO3Si/c1-18(14-6-5-13(19)11-15(14)20)8-7-16(22)21(17(18)23)12-24-9-10-25(2,3)4/h5-6,11H,7-10,12H2,1-4H3. The minimum atomic E-state index is -1.21. The minimum absolute atomic E-state index is 0.0197. The molecule has 1 saturated heterocycles. The number of hydrogen-bond donors (Lipinski definition) is 0. The zero-order valence-electron chi connectivity index (χ0n) is 15.2. The summed E-state index contributed by atoms with van der Waals surface area (Å²) in [6, 6.07) is 6.50. The molecule has 1 aliphatic rings. The monoisotopic (exact) mass is 445 g/mol. The topological polar surface area (TPSA) is 46.6 Å². The van der Waals surface area contributed by atoms with Crippen LogP contribution in [0.1, 0.15) is 25.3 Å². The zero-order valence-corrected chi connectivity index (χ0v) is 18.5. The van der Waals surface area contributed by atoms with Gasteiger partial charge in [-0.3, -0.25) is 14.5 Å². The van der Waals surface area contributed by atoms with Gasteiger partial charge in [-0.05, 0) is 37.1 Å². The Morgan fingerprint density at radius 1 is 1.32 bits per heavy atom. The van der Waals surface area contributed by atoms with E-state index < -0.39 is 13.5 Å². The van der Waals surface area contributed by atoms with Crippen molar-refractivity contribution in [1.82, 2.24) is 4.90 Å². The van der Waals surface area contributed by atoms with Crippen molar-refractivity contribution in [2.75, 3.05) is 13.3 Å². The van der Waals surface area contributed by atoms with Crippen LogP contribution in [0.3, 0.4) is 0 Å². The van der Waals surface area contributed by atoms with Crippen molar-refractivity contribution in [3.63, 3.8) is 0 Å². The van der Waals surface area contributed by atoms with Crippen molar-refractivity contribution in [3.8, 4) is 0 Å². The summed E-state index contributed by atoms with van der Waals surface area (Å²) in [5, 5.41) is 0.527. The molecule has 1 aromatic carbocycles. The number of benzene rings is 1. The fourth-order valence-corrected chi connectivity index (χ4v) is 4.50. The first-order chi connectivity index (χ1) is 11.5. The van der Waals surface area contributed by atoms with Crippen LogP contribution < -0.4 is 0 Å². The van der Waals surface area contributed by atoms with Crippen molar-refractivity contribution in [2.45, 2.75) is 50.9 Å². The number of carbonyl (C=O) groups is 2. The summed E-state index contributed by atoms with van der Waals surface area (Å²) in [6.45, 7) is 9.24. The van der Waals surface area contributed by atoms with Crippen LogP contribution in [0, 0.1) is 0 Å². The van der Waals surface area contributed by atoms with E-state index in [9.17, 15) is 9.59 Å². The van der Waals surface area contributed by atoms with E-state index in [2.05, 4.69) is 35.6 Å². The molecule has 0 saturated carbocycles. The van der Waals surface area contributed by atoms with Gasteiger partial charge in [0.05, 0.1) is 5.41 Å². The van der Waals surface area contributed by atoms with Crippen LogP contribution in [0.2, 0.25) is 30.7 Å². The van der Waals surface area contributed by atoms with Crippen LogP contribution in [0.15, 0.2) is 22.7 Å². The predicted molar refractivity (Wildman–Crippen MR) is 107 cm³/mol. The lowest BCUT2D eigenvalue weighted by Crippen LogP contribution is -2.53. The van der Waals surface area contributed by atoms with Crippen molar-refractivity contribution >= 4 is 47.4 Å². The summed E-state index contributed by atoms with van der Waals surface area (Å²) in [5.41, 5.74) is -0.0599. The molecular formula is C18H25BrClNO3Si. The first kappa shape index (κ1) is 20.6. The van der Waals surface area contributed by atoms with Gasteiger partial charge < -0.3 is 4.74 Å². The smallest absolute Gasteiger partial charge is 0.241 e. The lowest BCUT2D eigenvalue weighted by molar-refractivity contribution is -0.159. The van der Waals surface area contributed by atoms with E-state index in [1.54, 1.807) is 6.07 Å². The fraction of sp³-hybridized carbons (Fsp3) is 0.556. The summed E-state index contributed by atoms with van der Waals surface area (Å²) in [7, 11) is -1.21. The minimum Gasteiger partial charge on any atom is -0.361 e. The van der Waals surface area contributed by atoms with Gasteiger partial charge in [-0.1, -0.05) is 53.2 Å². The van der Waals surface area contributed by atoms with Crippen molar-refractivity contribution in [2.24, 2.45) is 0 Å². The number of likely N-dealkylation sites (tertiary alicyclic amines) is 1. The van der Waals surface area contributed by atoms with E-state index in [1.165, 1.54) is 4.90 Å². The molecular weight excluding hydrogens is 422 g/mol. The van der Waals surface area contributed by atoms with E-state index in [1.807, 2.05) is 19.1 Å². The Balaban J connectivity index is 2.14. The van der Waals surface area contributed by atoms with E-state index in [0.29, 0.717) is 24.5 Å². The molecule has 1 aliphatic heterocycles. The summed E-state index contributed by atoms with van der Waals surface area (Å²) in [5.74, 6) is -0.412. The summed E-state index contributed by atoms with van der Waals surface area (Å²) in [6.07, 6.45) is 0.767. The molecule has 0 N–H and O–H groups in total. The number of halogens is 2. The largest absolute Gasteiger partial charge is 0.361 e. The molecule has 2 rings (SSSR count). The van der Waals surface area contributed by atoms with Crippen LogP contribution >= 0.6 is 27.5 Å². The highest BCUT2D eigenvalue weighted by Gasteiger charge is 2.45. The quantitative estimate of drug-likeness (QED) is 0.357. The molecule has 4 nitrogen and oxygen atoms in total. The van der Waals surface area contributed by atoms with Gasteiger partial charge in [-0.15, -0.1) is 0 Å². The number of carbonyl (C=O) groups excluding carboxylic acids is 2. The average molecular weight is 447 g/mol. The Kier molecular flexibility index (Phi) is 6.52. The molecule has 1 heterocycles. The van der Waals surface area contributed by atoms with Crippen LogP contribution in [0.4, 0.5) is 0 Å². The van der Waals surface area contributed by atoms with E-state index >= 15 is 0 Å². The molecule has 1 unspecified atom stereocenters. The molecule has 1 fully saturated rings. The van der Waals surface area contributed by atoms with Crippen LogP contribution in [-0.2, 0) is 19.7 Å². The van der Waals surface area contributed by atoms with Gasteiger partial charge in [0.1, 0.15) is 6.73 Å². The fourth-order valence-electron chi connectivity index (χ4n) is 2.86. The van der Waals surface area contributed by atoms with Crippen LogP contribution in [0.5, 0.6) is 0 Å². The van der Waals surface area contributed by atoms with Gasteiger partial charge in [0.25, 0.3) is 0 Å². The maximum Gasteiger partial charge on any atom is 0.241 e. The third kappa shape index (κ3) is 4.93. The molecule has 7 heteroatoms. The molecule has 1 aromatic rings. The first-order valence-corrected chi connectivity index (χ1v) is 13.3. The number of rotatable bonds is 6. The van der Waals surface area contributed by atoms with E-state index in [4.69, 9.17) is 16.3 Å². The molecule has 1 atom stereocenters. The second-order valence-corrected chi connectivity index (χ2v) is 14.9. The van der Waals surface area contributed by atoms with Crippen molar-refractivity contribution < 1.29 is 14.3 Å². The zero-order chi connectivity index (χ0) is 18.8. The number of amides is 2. The predicted octanol–water partition coefficient (Wildman–Crippen LogP) is 4.82. The molecule has 138 valence electrons. The average Bonchev–Trinajstić information content (AvgIpc) is 2.49. The maximum atomic E-state index is 13.0. The molecule has 0 aromatic heterocycles. The summed E-state index contributed by atoms with van der Waals surface area (Å²) >= 11 is 9.75. The Morgan fingerprint density at radius 2 is 2.00 bits per heavy atom. The third-order valence-corrected chi connectivity index (χ3v) is 7.11. The number of hydrogen-bond acceptors (Lipinski definition) is 3. The van der Waals surface area contributed by atoms with E-state index in [0.717, 1.165) is 16.1 Å². The molecule has 0 spiro atoms. The van der Waals surface area contributed by atoms with Gasteiger partial charge >= 0.3 is 0 Å². The van der Waals surface area contributed by atoms with Crippen LogP contribution in [0.25, 0.3) is 0 Å². The molecule has 0 bridgehead atoms. The SMILES string of the molecule is CC1(c2ccc(Br)cc2Cl)CCC(=O)N(COCC[Si](C)(C)C)C1=O. The molecule has 25 heavy (non-hydrogen) atoms. The highest BCUT2D eigenvalue weighted by Crippen LogP contribution is 2.39. The maximum absolute atomic E-state index is 13.0. The Hall–Kier alpha value is -0.693. The molecule has 0 radical (unpaired) electrons. The first-order valence-electron chi connectivity index (χ1n) is 8.43. The van der Waals surface area contributed by atoms with Gasteiger partial charge in [0.15, 0.2) is 0 Å². The number of ether oxygens (including phenoxy) is 1. The Labute approximate surface area is 164 Å².